The van der Waals surface area contributed by atoms with Gasteiger partial charge in [0.25, 0.3) is 5.91 Å². The van der Waals surface area contributed by atoms with E-state index in [1.165, 1.54) is 11.7 Å². The van der Waals surface area contributed by atoms with Crippen LogP contribution in [0.2, 0.25) is 0 Å². The van der Waals surface area contributed by atoms with Gasteiger partial charge in [0.05, 0.1) is 11.4 Å². The molecule has 5 nitrogen and oxygen atoms in total. The number of anilines is 2. The van der Waals surface area contributed by atoms with E-state index in [9.17, 15) is 13.6 Å². The molecule has 1 aromatic heterocycles. The Hall–Kier alpha value is -1.96. The van der Waals surface area contributed by atoms with Crippen LogP contribution in [0.3, 0.4) is 0 Å². The largest absolute Gasteiger partial charge is 0.395 e. The smallest absolute Gasteiger partial charge is 0.276 e. The van der Waals surface area contributed by atoms with E-state index in [0.717, 1.165) is 12.1 Å². The first-order valence-corrected chi connectivity index (χ1v) is 6.35. The highest BCUT2D eigenvalue weighted by atomic mass is 79.9. The lowest BCUT2D eigenvalue weighted by Crippen LogP contribution is -2.19. The predicted octanol–water partition coefficient (Wildman–Crippen LogP) is 2.60. The van der Waals surface area contributed by atoms with Gasteiger partial charge in [-0.25, -0.2) is 8.78 Å². The molecule has 0 atom stereocenters. The topological polar surface area (TPSA) is 72.9 Å². The quantitative estimate of drug-likeness (QED) is 0.879. The average Bonchev–Trinajstić information content (AvgIpc) is 2.58. The number of hydrogen-bond acceptors (Lipinski definition) is 3. The highest BCUT2D eigenvalue weighted by Crippen LogP contribution is 2.25. The number of nitrogen functional groups attached to an aromatic ring is 1. The molecule has 8 heteroatoms. The maximum absolute atomic E-state index is 13.7. The first-order valence-electron chi connectivity index (χ1n) is 5.56. The Morgan fingerprint density at radius 1 is 1.40 bits per heavy atom. The van der Waals surface area contributed by atoms with E-state index >= 15 is 0 Å². The van der Waals surface area contributed by atoms with Crippen LogP contribution in [0.25, 0.3) is 0 Å². The van der Waals surface area contributed by atoms with Crippen LogP contribution in [-0.4, -0.2) is 15.7 Å². The van der Waals surface area contributed by atoms with Crippen molar-refractivity contribution in [3.8, 4) is 0 Å². The standard InChI is InChI=1S/C12H11BrF2N4O/c1-5-9(16)11(19(2)18-5)12(20)17-10-7(14)3-6(13)4-8(10)15/h3-4H,16H2,1-2H3,(H,17,20). The number of rotatable bonds is 2. The van der Waals surface area contributed by atoms with Crippen LogP contribution < -0.4 is 11.1 Å². The Bertz CT molecular complexity index is 676. The van der Waals surface area contributed by atoms with Crippen molar-refractivity contribution in [1.29, 1.82) is 0 Å². The number of benzene rings is 1. The summed E-state index contributed by atoms with van der Waals surface area (Å²) in [5.74, 6) is -2.50. The van der Waals surface area contributed by atoms with Crippen LogP contribution in [0.4, 0.5) is 20.2 Å². The van der Waals surface area contributed by atoms with Gasteiger partial charge in [-0.3, -0.25) is 9.48 Å². The zero-order valence-electron chi connectivity index (χ0n) is 10.7. The van der Waals surface area contributed by atoms with Crippen molar-refractivity contribution in [2.24, 2.45) is 7.05 Å². The zero-order chi connectivity index (χ0) is 15.0. The monoisotopic (exact) mass is 344 g/mol. The number of aryl methyl sites for hydroxylation is 2. The van der Waals surface area contributed by atoms with Crippen LogP contribution in [-0.2, 0) is 7.05 Å². The summed E-state index contributed by atoms with van der Waals surface area (Å²) in [5, 5.41) is 6.13. The molecule has 1 amide bonds. The van der Waals surface area contributed by atoms with E-state index in [-0.39, 0.29) is 15.9 Å². The van der Waals surface area contributed by atoms with Crippen molar-refractivity contribution in [3.63, 3.8) is 0 Å². The Balaban J connectivity index is 2.38. The first-order chi connectivity index (χ1) is 9.31. The number of carbonyl (C=O) groups excluding carboxylic acids is 1. The Kier molecular flexibility index (Phi) is 3.76. The lowest BCUT2D eigenvalue weighted by Gasteiger charge is -2.09. The van der Waals surface area contributed by atoms with Crippen LogP contribution in [0.5, 0.6) is 0 Å². The molecule has 1 heterocycles. The minimum Gasteiger partial charge on any atom is -0.395 e. The molecule has 0 radical (unpaired) electrons. The number of carbonyl (C=O) groups is 1. The second-order valence-electron chi connectivity index (χ2n) is 4.17. The summed E-state index contributed by atoms with van der Waals surface area (Å²) >= 11 is 2.96. The number of amides is 1. The van der Waals surface area contributed by atoms with Gasteiger partial charge in [-0.15, -0.1) is 0 Å². The van der Waals surface area contributed by atoms with Crippen molar-refractivity contribution >= 4 is 33.2 Å². The normalized spacial score (nSPS) is 10.7. The van der Waals surface area contributed by atoms with Crippen molar-refractivity contribution < 1.29 is 13.6 Å². The van der Waals surface area contributed by atoms with Gasteiger partial charge >= 0.3 is 0 Å². The van der Waals surface area contributed by atoms with E-state index in [1.807, 2.05) is 0 Å². The van der Waals surface area contributed by atoms with Gasteiger partial charge in [0.2, 0.25) is 0 Å². The average molecular weight is 345 g/mol. The third-order valence-corrected chi connectivity index (χ3v) is 3.19. The lowest BCUT2D eigenvalue weighted by atomic mass is 10.2. The highest BCUT2D eigenvalue weighted by Gasteiger charge is 2.21. The van der Waals surface area contributed by atoms with Crippen LogP contribution >= 0.6 is 15.9 Å². The number of hydrogen-bond donors (Lipinski definition) is 2. The molecule has 106 valence electrons. The SMILES string of the molecule is Cc1nn(C)c(C(=O)Nc2c(F)cc(Br)cc2F)c1N. The second kappa shape index (κ2) is 5.20. The minimum atomic E-state index is -0.886. The summed E-state index contributed by atoms with van der Waals surface area (Å²) in [4.78, 5) is 12.1. The van der Waals surface area contributed by atoms with Crippen molar-refractivity contribution in [2.45, 2.75) is 6.92 Å². The maximum atomic E-state index is 13.7. The fourth-order valence-corrected chi connectivity index (χ4v) is 2.18. The molecule has 0 aliphatic heterocycles. The van der Waals surface area contributed by atoms with E-state index in [2.05, 4.69) is 26.3 Å². The lowest BCUT2D eigenvalue weighted by molar-refractivity contribution is 0.101. The summed E-state index contributed by atoms with van der Waals surface area (Å²) in [6.07, 6.45) is 0. The molecular weight excluding hydrogens is 334 g/mol. The molecular formula is C12H11BrF2N4O. The van der Waals surface area contributed by atoms with Gasteiger partial charge in [0, 0.05) is 11.5 Å². The molecule has 0 fully saturated rings. The van der Waals surface area contributed by atoms with E-state index in [1.54, 1.807) is 6.92 Å². The van der Waals surface area contributed by atoms with Crippen molar-refractivity contribution in [3.05, 3.63) is 39.6 Å². The van der Waals surface area contributed by atoms with Crippen LogP contribution in [0.15, 0.2) is 16.6 Å². The van der Waals surface area contributed by atoms with Gasteiger partial charge in [0.1, 0.15) is 11.4 Å². The summed E-state index contributed by atoms with van der Waals surface area (Å²) in [6, 6.07) is 2.10. The summed E-state index contributed by atoms with van der Waals surface area (Å²) in [7, 11) is 1.52. The zero-order valence-corrected chi connectivity index (χ0v) is 12.3. The number of nitrogens with one attached hydrogen (secondary N) is 1. The maximum Gasteiger partial charge on any atom is 0.276 e. The molecule has 2 rings (SSSR count). The van der Waals surface area contributed by atoms with Gasteiger partial charge in [-0.1, -0.05) is 15.9 Å². The van der Waals surface area contributed by atoms with Gasteiger partial charge in [-0.2, -0.15) is 5.10 Å². The number of halogens is 3. The van der Waals surface area contributed by atoms with Crippen LogP contribution in [0.1, 0.15) is 16.2 Å². The number of nitrogens with two attached hydrogens (primary N) is 1. The summed E-state index contributed by atoms with van der Waals surface area (Å²) in [6.45, 7) is 1.63. The fraction of sp³-hybridized carbons (Fsp3) is 0.167. The predicted molar refractivity (Wildman–Crippen MR) is 74.4 cm³/mol. The Morgan fingerprint density at radius 2 is 1.95 bits per heavy atom. The molecule has 0 saturated carbocycles. The molecule has 0 spiro atoms. The second-order valence-corrected chi connectivity index (χ2v) is 5.09. The number of nitrogens with zero attached hydrogens (tertiary/aromatic N) is 2. The van der Waals surface area contributed by atoms with Crippen molar-refractivity contribution in [1.82, 2.24) is 9.78 Å². The fourth-order valence-electron chi connectivity index (χ4n) is 1.78. The molecule has 1 aromatic carbocycles. The summed E-state index contributed by atoms with van der Waals surface area (Å²) < 4.78 is 28.8. The van der Waals surface area contributed by atoms with Gasteiger partial charge in [0.15, 0.2) is 11.6 Å². The van der Waals surface area contributed by atoms with E-state index in [4.69, 9.17) is 5.73 Å². The third-order valence-electron chi connectivity index (χ3n) is 2.73. The van der Waals surface area contributed by atoms with Gasteiger partial charge in [-0.05, 0) is 19.1 Å². The first kappa shape index (κ1) is 14.4. The molecule has 20 heavy (non-hydrogen) atoms. The molecule has 0 aliphatic rings. The Labute approximate surface area is 121 Å². The Morgan fingerprint density at radius 3 is 2.40 bits per heavy atom. The molecule has 0 saturated heterocycles. The van der Waals surface area contributed by atoms with E-state index in [0.29, 0.717) is 5.69 Å². The molecule has 3 N–H and O–H groups in total. The van der Waals surface area contributed by atoms with Gasteiger partial charge < -0.3 is 11.1 Å². The highest BCUT2D eigenvalue weighted by molar-refractivity contribution is 9.10. The van der Waals surface area contributed by atoms with Crippen molar-refractivity contribution in [2.75, 3.05) is 11.1 Å². The number of aromatic nitrogens is 2. The molecule has 0 unspecified atom stereocenters. The molecule has 0 aliphatic carbocycles. The summed E-state index contributed by atoms with van der Waals surface area (Å²) in [5.41, 5.74) is 5.87. The molecule has 2 aromatic rings. The van der Waals surface area contributed by atoms with Crippen LogP contribution in [0, 0.1) is 18.6 Å². The molecule has 0 bridgehead atoms. The minimum absolute atomic E-state index is 0.0456. The third kappa shape index (κ3) is 2.51. The van der Waals surface area contributed by atoms with E-state index < -0.39 is 23.2 Å².